The van der Waals surface area contributed by atoms with E-state index >= 15 is 0 Å². The van der Waals surface area contributed by atoms with Crippen molar-refractivity contribution in [3.05, 3.63) is 24.3 Å². The molecule has 32 heavy (non-hydrogen) atoms. The summed E-state index contributed by atoms with van der Waals surface area (Å²) in [6.45, 7) is 13.8. The maximum absolute atomic E-state index is 13.1. The highest BCUT2D eigenvalue weighted by Gasteiger charge is 2.42. The molecule has 0 aromatic heterocycles. The maximum atomic E-state index is 13.1. The number of carbonyl (C=O) groups is 1. The molecule has 0 aliphatic rings. The van der Waals surface area contributed by atoms with E-state index in [1.54, 1.807) is 27.4 Å². The molecule has 0 saturated carbocycles. The van der Waals surface area contributed by atoms with Gasteiger partial charge in [-0.2, -0.15) is 0 Å². The van der Waals surface area contributed by atoms with E-state index in [1.165, 1.54) is 12.2 Å². The fraction of sp³-hybridized carbons (Fsp3) is 0.667. The van der Waals surface area contributed by atoms with Crippen molar-refractivity contribution < 1.29 is 26.6 Å². The summed E-state index contributed by atoms with van der Waals surface area (Å²) in [6, 6.07) is 11.6. The minimum absolute atomic E-state index is 0.596. The Balaban J connectivity index is 2.82. The summed E-state index contributed by atoms with van der Waals surface area (Å²) in [6.07, 6.45) is -1.45. The van der Waals surface area contributed by atoms with E-state index < -0.39 is 39.7 Å². The van der Waals surface area contributed by atoms with Gasteiger partial charge in [0.15, 0.2) is 16.6 Å². The number of carbonyl (C=O) groups excluding carboxylic acids is 1. The second-order valence-electron chi connectivity index (χ2n) is 10.2. The zero-order chi connectivity index (χ0) is 24.8. The van der Waals surface area contributed by atoms with Gasteiger partial charge in [0.25, 0.3) is 0 Å². The Hall–Kier alpha value is -0.672. The summed E-state index contributed by atoms with van der Waals surface area (Å²) in [4.78, 5) is 12.2. The van der Waals surface area contributed by atoms with E-state index in [-0.39, 0.29) is 0 Å². The Labute approximate surface area is 198 Å². The van der Waals surface area contributed by atoms with Crippen molar-refractivity contribution in [2.45, 2.75) is 63.5 Å². The standard InChI is InChI=1S/C21H42FNO5Si4/c1-23(21(22)24)19-12-11-13-20(18-19)29(5,6)14-15-30(7,8)28-31(9,10)16-17-32(25-2,26-3)27-4/h11-13,18H,14-17H2,1-10H3. The van der Waals surface area contributed by atoms with Crippen molar-refractivity contribution in [1.82, 2.24) is 0 Å². The summed E-state index contributed by atoms with van der Waals surface area (Å²) in [5.41, 5.74) is 0.596. The lowest BCUT2D eigenvalue weighted by atomic mass is 10.3. The van der Waals surface area contributed by atoms with Crippen LogP contribution in [0.3, 0.4) is 0 Å². The third kappa shape index (κ3) is 8.59. The van der Waals surface area contributed by atoms with E-state index in [9.17, 15) is 9.18 Å². The molecule has 0 aliphatic heterocycles. The minimum atomic E-state index is -2.60. The number of anilines is 1. The van der Waals surface area contributed by atoms with E-state index in [1.807, 2.05) is 12.1 Å². The lowest BCUT2D eigenvalue weighted by Gasteiger charge is -2.37. The van der Waals surface area contributed by atoms with Gasteiger partial charge in [-0.3, -0.25) is 4.90 Å². The van der Waals surface area contributed by atoms with E-state index in [4.69, 9.17) is 17.4 Å². The van der Waals surface area contributed by atoms with Gasteiger partial charge >= 0.3 is 15.0 Å². The normalized spacial score (nSPS) is 13.3. The molecule has 0 unspecified atom stereocenters. The van der Waals surface area contributed by atoms with Crippen LogP contribution in [0.4, 0.5) is 14.9 Å². The van der Waals surface area contributed by atoms with Crippen LogP contribution in [0.1, 0.15) is 0 Å². The lowest BCUT2D eigenvalue weighted by Crippen LogP contribution is -2.49. The van der Waals surface area contributed by atoms with Gasteiger partial charge in [-0.15, -0.1) is 4.39 Å². The highest BCUT2D eigenvalue weighted by molar-refractivity contribution is 6.92. The van der Waals surface area contributed by atoms with Crippen molar-refractivity contribution in [3.8, 4) is 0 Å². The summed E-state index contributed by atoms with van der Waals surface area (Å²) in [7, 11) is -1.80. The van der Waals surface area contributed by atoms with Crippen LogP contribution in [0, 0.1) is 0 Å². The quantitative estimate of drug-likeness (QED) is 0.197. The average molecular weight is 520 g/mol. The van der Waals surface area contributed by atoms with Gasteiger partial charge in [0, 0.05) is 40.1 Å². The van der Waals surface area contributed by atoms with E-state index in [0.29, 0.717) is 5.69 Å². The molecule has 0 heterocycles. The molecular weight excluding hydrogens is 478 g/mol. The van der Waals surface area contributed by atoms with Gasteiger partial charge in [-0.25, -0.2) is 4.79 Å². The Bertz CT molecular complexity index is 751. The second-order valence-corrected chi connectivity index (χ2v) is 27.0. The first kappa shape index (κ1) is 29.4. The number of halogens is 1. The van der Waals surface area contributed by atoms with Crippen LogP contribution in [0.5, 0.6) is 0 Å². The van der Waals surface area contributed by atoms with E-state index in [0.717, 1.165) is 29.1 Å². The van der Waals surface area contributed by atoms with Gasteiger partial charge in [0.05, 0.1) is 8.07 Å². The van der Waals surface area contributed by atoms with E-state index in [2.05, 4.69) is 45.3 Å². The van der Waals surface area contributed by atoms with Crippen molar-refractivity contribution in [2.75, 3.05) is 33.3 Å². The minimum Gasteiger partial charge on any atom is -0.456 e. The molecule has 0 radical (unpaired) electrons. The first-order valence-corrected chi connectivity index (χ1v) is 22.4. The van der Waals surface area contributed by atoms with Crippen LogP contribution in [0.25, 0.3) is 0 Å². The first-order valence-electron chi connectivity index (χ1n) is 11.0. The SMILES string of the molecule is CO[Si](CC[Si](C)(C)O[Si](C)(C)CC[Si](C)(C)c1cccc(N(C)C(=O)F)c1)(OC)OC. The maximum Gasteiger partial charge on any atom is 0.499 e. The molecule has 1 aromatic carbocycles. The number of hydrogen-bond donors (Lipinski definition) is 0. The monoisotopic (exact) mass is 519 g/mol. The Morgan fingerprint density at radius 1 is 0.875 bits per heavy atom. The molecule has 184 valence electrons. The van der Waals surface area contributed by atoms with Crippen LogP contribution < -0.4 is 10.1 Å². The molecule has 1 rings (SSSR count). The first-order chi connectivity index (χ1) is 14.6. The number of benzene rings is 1. The molecule has 11 heteroatoms. The molecule has 0 fully saturated rings. The van der Waals surface area contributed by atoms with Crippen LogP contribution in [0.15, 0.2) is 24.3 Å². The third-order valence-corrected chi connectivity index (χ3v) is 20.6. The second kappa shape index (κ2) is 11.6. The third-order valence-electron chi connectivity index (χ3n) is 6.15. The summed E-state index contributed by atoms with van der Waals surface area (Å²) >= 11 is 0. The molecule has 0 bridgehead atoms. The van der Waals surface area contributed by atoms with Gasteiger partial charge in [-0.1, -0.05) is 36.5 Å². The zero-order valence-corrected chi connectivity index (χ0v) is 25.5. The largest absolute Gasteiger partial charge is 0.499 e. The molecular formula is C21H42FNO5Si4. The molecule has 0 aliphatic carbocycles. The fourth-order valence-corrected chi connectivity index (χ4v) is 21.7. The summed E-state index contributed by atoms with van der Waals surface area (Å²) in [5, 5.41) is 1.22. The molecule has 6 nitrogen and oxygen atoms in total. The summed E-state index contributed by atoms with van der Waals surface area (Å²) < 4.78 is 36.7. The average Bonchev–Trinajstić information content (AvgIpc) is 2.72. The Kier molecular flexibility index (Phi) is 10.7. The predicted molar refractivity (Wildman–Crippen MR) is 141 cm³/mol. The molecule has 1 amide bonds. The van der Waals surface area contributed by atoms with Crippen LogP contribution >= 0.6 is 0 Å². The molecule has 0 saturated heterocycles. The van der Waals surface area contributed by atoms with Gasteiger partial charge in [-0.05, 0) is 50.4 Å². The Morgan fingerprint density at radius 2 is 1.38 bits per heavy atom. The van der Waals surface area contributed by atoms with Crippen molar-refractivity contribution >= 4 is 50.5 Å². The number of hydrogen-bond acceptors (Lipinski definition) is 5. The van der Waals surface area contributed by atoms with Crippen molar-refractivity contribution in [3.63, 3.8) is 0 Å². The zero-order valence-electron chi connectivity index (χ0n) is 21.5. The molecule has 0 N–H and O–H groups in total. The molecule has 0 atom stereocenters. The summed E-state index contributed by atoms with van der Waals surface area (Å²) in [5.74, 6) is 0. The van der Waals surface area contributed by atoms with Gasteiger partial charge in [0.2, 0.25) is 0 Å². The predicted octanol–water partition coefficient (Wildman–Crippen LogP) is 5.43. The van der Waals surface area contributed by atoms with Crippen molar-refractivity contribution in [1.29, 1.82) is 0 Å². The number of amides is 1. The molecule has 1 aromatic rings. The van der Waals surface area contributed by atoms with Crippen LogP contribution in [-0.4, -0.2) is 68.1 Å². The van der Waals surface area contributed by atoms with Gasteiger partial charge in [0.1, 0.15) is 0 Å². The smallest absolute Gasteiger partial charge is 0.456 e. The fourth-order valence-electron chi connectivity index (χ4n) is 3.86. The number of rotatable bonds is 13. The highest BCUT2D eigenvalue weighted by atomic mass is 28.4. The molecule has 0 spiro atoms. The Morgan fingerprint density at radius 3 is 1.84 bits per heavy atom. The lowest BCUT2D eigenvalue weighted by molar-refractivity contribution is 0.125. The van der Waals surface area contributed by atoms with Crippen molar-refractivity contribution in [2.24, 2.45) is 0 Å². The number of nitrogens with zero attached hydrogens (tertiary/aromatic N) is 1. The van der Waals surface area contributed by atoms with Crippen LogP contribution in [0.2, 0.25) is 63.5 Å². The van der Waals surface area contributed by atoms with Gasteiger partial charge < -0.3 is 17.4 Å². The topological polar surface area (TPSA) is 57.2 Å². The highest BCUT2D eigenvalue weighted by Crippen LogP contribution is 2.29. The van der Waals surface area contributed by atoms with Crippen LogP contribution in [-0.2, 0) is 17.4 Å².